The van der Waals surface area contributed by atoms with Crippen LogP contribution in [0.2, 0.25) is 0 Å². The number of piperazine rings is 1. The van der Waals surface area contributed by atoms with Crippen LogP contribution in [0.15, 0.2) is 48.8 Å². The average Bonchev–Trinajstić information content (AvgIpc) is 3.21. The van der Waals surface area contributed by atoms with Gasteiger partial charge in [-0.1, -0.05) is 29.8 Å². The highest BCUT2D eigenvalue weighted by Crippen LogP contribution is 2.24. The number of hydrogen-bond donors (Lipinski definition) is 0. The first kappa shape index (κ1) is 19.0. The lowest BCUT2D eigenvalue weighted by Crippen LogP contribution is -2.51. The van der Waals surface area contributed by atoms with Crippen molar-refractivity contribution in [3.8, 4) is 0 Å². The smallest absolute Gasteiger partial charge is 0.409 e. The summed E-state index contributed by atoms with van der Waals surface area (Å²) in [4.78, 5) is 28.3. The second-order valence-electron chi connectivity index (χ2n) is 6.83. The van der Waals surface area contributed by atoms with Gasteiger partial charge < -0.3 is 19.1 Å². The van der Waals surface area contributed by atoms with E-state index in [0.717, 1.165) is 5.56 Å². The number of carbonyl (C=O) groups is 2. The third kappa shape index (κ3) is 4.70. The largest absolute Gasteiger partial charge is 0.450 e. The van der Waals surface area contributed by atoms with Gasteiger partial charge in [-0.2, -0.15) is 0 Å². The minimum Gasteiger partial charge on any atom is -0.450 e. The van der Waals surface area contributed by atoms with Crippen LogP contribution in [0.1, 0.15) is 30.5 Å². The van der Waals surface area contributed by atoms with E-state index in [4.69, 9.17) is 4.74 Å². The highest BCUT2D eigenvalue weighted by molar-refractivity contribution is 5.77. The van der Waals surface area contributed by atoms with Crippen LogP contribution in [0.3, 0.4) is 0 Å². The van der Waals surface area contributed by atoms with Gasteiger partial charge in [-0.05, 0) is 31.5 Å². The van der Waals surface area contributed by atoms with Crippen molar-refractivity contribution in [2.75, 3.05) is 32.8 Å². The van der Waals surface area contributed by atoms with Gasteiger partial charge in [-0.3, -0.25) is 4.79 Å². The predicted octanol–water partition coefficient (Wildman–Crippen LogP) is 3.08. The highest BCUT2D eigenvalue weighted by Gasteiger charge is 2.27. The van der Waals surface area contributed by atoms with E-state index in [0.29, 0.717) is 39.2 Å². The minimum atomic E-state index is -0.297. The lowest BCUT2D eigenvalue weighted by molar-refractivity contribution is -0.133. The van der Waals surface area contributed by atoms with Gasteiger partial charge in [-0.25, -0.2) is 4.79 Å². The Labute approximate surface area is 160 Å². The third-order valence-corrected chi connectivity index (χ3v) is 4.98. The Hall–Kier alpha value is -2.76. The van der Waals surface area contributed by atoms with E-state index in [1.807, 2.05) is 29.4 Å². The summed E-state index contributed by atoms with van der Waals surface area (Å²) in [5.41, 5.74) is 2.32. The molecule has 1 saturated heterocycles. The van der Waals surface area contributed by atoms with E-state index in [9.17, 15) is 9.59 Å². The Bertz CT molecular complexity index is 747. The predicted molar refractivity (Wildman–Crippen MR) is 104 cm³/mol. The Balaban J connectivity index is 1.65. The van der Waals surface area contributed by atoms with Crippen molar-refractivity contribution in [2.45, 2.75) is 26.3 Å². The molecular weight excluding hydrogens is 342 g/mol. The fourth-order valence-corrected chi connectivity index (χ4v) is 3.39. The van der Waals surface area contributed by atoms with Gasteiger partial charge in [0.2, 0.25) is 5.91 Å². The molecule has 1 fully saturated rings. The van der Waals surface area contributed by atoms with Crippen LogP contribution in [0.5, 0.6) is 0 Å². The van der Waals surface area contributed by atoms with E-state index >= 15 is 0 Å². The number of aromatic nitrogens is 1. The lowest BCUT2D eigenvalue weighted by Gasteiger charge is -2.35. The molecule has 0 radical (unpaired) electrons. The van der Waals surface area contributed by atoms with E-state index in [2.05, 4.69) is 35.8 Å². The molecule has 1 aromatic carbocycles. The summed E-state index contributed by atoms with van der Waals surface area (Å²) in [6.45, 7) is 6.35. The molecule has 3 rings (SSSR count). The first-order chi connectivity index (χ1) is 13.1. The lowest BCUT2D eigenvalue weighted by atomic mass is 10.0. The maximum atomic E-state index is 12.9. The fraction of sp³-hybridized carbons (Fsp3) is 0.429. The zero-order valence-corrected chi connectivity index (χ0v) is 16.0. The molecule has 0 bridgehead atoms. The summed E-state index contributed by atoms with van der Waals surface area (Å²) in [6.07, 6.45) is 4.10. The Morgan fingerprint density at radius 3 is 2.19 bits per heavy atom. The minimum absolute atomic E-state index is 0.0313. The van der Waals surface area contributed by atoms with Crippen molar-refractivity contribution < 1.29 is 14.3 Å². The van der Waals surface area contributed by atoms with Gasteiger partial charge in [0.05, 0.1) is 19.1 Å². The second-order valence-corrected chi connectivity index (χ2v) is 6.83. The van der Waals surface area contributed by atoms with Gasteiger partial charge in [0.1, 0.15) is 0 Å². The van der Waals surface area contributed by atoms with Crippen LogP contribution >= 0.6 is 0 Å². The third-order valence-electron chi connectivity index (χ3n) is 4.98. The molecule has 0 unspecified atom stereocenters. The molecule has 6 nitrogen and oxygen atoms in total. The normalized spacial score (nSPS) is 15.5. The summed E-state index contributed by atoms with van der Waals surface area (Å²) < 4.78 is 7.12. The van der Waals surface area contributed by atoms with Gasteiger partial charge in [-0.15, -0.1) is 0 Å². The van der Waals surface area contributed by atoms with Gasteiger partial charge >= 0.3 is 6.09 Å². The summed E-state index contributed by atoms with van der Waals surface area (Å²) in [5.74, 6) is 0.109. The summed E-state index contributed by atoms with van der Waals surface area (Å²) >= 11 is 0. The van der Waals surface area contributed by atoms with E-state index < -0.39 is 0 Å². The van der Waals surface area contributed by atoms with E-state index in [1.54, 1.807) is 11.8 Å². The van der Waals surface area contributed by atoms with Crippen LogP contribution < -0.4 is 0 Å². The molecule has 0 saturated carbocycles. The topological polar surface area (TPSA) is 54.8 Å². The molecule has 0 spiro atoms. The van der Waals surface area contributed by atoms with Crippen LogP contribution in [0, 0.1) is 6.92 Å². The summed E-state index contributed by atoms with van der Waals surface area (Å²) in [7, 11) is 0. The number of nitrogens with zero attached hydrogens (tertiary/aromatic N) is 3. The van der Waals surface area contributed by atoms with Crippen LogP contribution in [-0.4, -0.2) is 59.2 Å². The molecule has 144 valence electrons. The number of amides is 2. The monoisotopic (exact) mass is 369 g/mol. The number of benzene rings is 1. The maximum absolute atomic E-state index is 12.9. The van der Waals surface area contributed by atoms with E-state index in [1.165, 1.54) is 5.56 Å². The van der Waals surface area contributed by atoms with Gasteiger partial charge in [0, 0.05) is 38.6 Å². The summed E-state index contributed by atoms with van der Waals surface area (Å²) in [6, 6.07) is 12.3. The first-order valence-electron chi connectivity index (χ1n) is 9.47. The zero-order valence-electron chi connectivity index (χ0n) is 16.0. The molecule has 2 heterocycles. The van der Waals surface area contributed by atoms with Crippen LogP contribution in [0.25, 0.3) is 0 Å². The molecule has 1 aliphatic rings. The SMILES string of the molecule is CCOC(=O)N1CCN(C(=O)C[C@@H](c2ccc(C)cc2)n2cccc2)CC1. The summed E-state index contributed by atoms with van der Waals surface area (Å²) in [5, 5.41) is 0. The Morgan fingerprint density at radius 2 is 1.59 bits per heavy atom. The molecule has 2 amide bonds. The highest BCUT2D eigenvalue weighted by atomic mass is 16.6. The van der Waals surface area contributed by atoms with Gasteiger partial charge in [0.25, 0.3) is 0 Å². The van der Waals surface area contributed by atoms with Crippen molar-refractivity contribution in [3.05, 3.63) is 59.9 Å². The number of rotatable bonds is 5. The number of hydrogen-bond acceptors (Lipinski definition) is 3. The number of aryl methyl sites for hydroxylation is 1. The first-order valence-corrected chi connectivity index (χ1v) is 9.47. The van der Waals surface area contributed by atoms with Crippen molar-refractivity contribution >= 4 is 12.0 Å². The molecule has 6 heteroatoms. The molecular formula is C21H27N3O3. The van der Waals surface area contributed by atoms with Crippen molar-refractivity contribution in [1.82, 2.24) is 14.4 Å². The van der Waals surface area contributed by atoms with Crippen LogP contribution in [0.4, 0.5) is 4.79 Å². The molecule has 2 aromatic rings. The second kappa shape index (κ2) is 8.75. The van der Waals surface area contributed by atoms with Gasteiger partial charge in [0.15, 0.2) is 0 Å². The number of ether oxygens (including phenoxy) is 1. The Morgan fingerprint density at radius 1 is 1.00 bits per heavy atom. The van der Waals surface area contributed by atoms with Crippen molar-refractivity contribution in [2.24, 2.45) is 0 Å². The molecule has 1 atom stereocenters. The average molecular weight is 369 g/mol. The Kier molecular flexibility index (Phi) is 6.16. The fourth-order valence-electron chi connectivity index (χ4n) is 3.39. The molecule has 1 aromatic heterocycles. The standard InChI is InChI=1S/C21H27N3O3/c1-3-27-21(26)24-14-12-23(13-15-24)20(25)16-19(22-10-4-5-11-22)18-8-6-17(2)7-9-18/h4-11,19H,3,12-16H2,1-2H3/t19-/m0/s1. The zero-order chi connectivity index (χ0) is 19.2. The molecule has 0 aliphatic carbocycles. The molecule has 1 aliphatic heterocycles. The van der Waals surface area contributed by atoms with Crippen molar-refractivity contribution in [1.29, 1.82) is 0 Å². The number of carbonyl (C=O) groups excluding carboxylic acids is 2. The molecule has 0 N–H and O–H groups in total. The van der Waals surface area contributed by atoms with Crippen LogP contribution in [-0.2, 0) is 9.53 Å². The maximum Gasteiger partial charge on any atom is 0.409 e. The molecule has 27 heavy (non-hydrogen) atoms. The quantitative estimate of drug-likeness (QED) is 0.814. The van der Waals surface area contributed by atoms with Crippen molar-refractivity contribution in [3.63, 3.8) is 0 Å². The van der Waals surface area contributed by atoms with E-state index in [-0.39, 0.29) is 18.0 Å².